The number of morpholine rings is 1. The average molecular weight is 484 g/mol. The van der Waals surface area contributed by atoms with Crippen LogP contribution < -0.4 is 5.32 Å². The fourth-order valence-corrected chi connectivity index (χ4v) is 4.39. The Kier molecular flexibility index (Phi) is 5.74. The number of anilines is 1. The highest BCUT2D eigenvalue weighted by molar-refractivity contribution is 5.94. The number of nitrogens with one attached hydrogen (secondary N) is 3. The quantitative estimate of drug-likeness (QED) is 0.397. The third kappa shape index (κ3) is 4.24. The molecule has 1 saturated heterocycles. The summed E-state index contributed by atoms with van der Waals surface area (Å²) in [5, 5.41) is 11.2. The fourth-order valence-electron chi connectivity index (χ4n) is 4.39. The number of imidazole rings is 1. The topological polar surface area (TPSA) is 137 Å². The van der Waals surface area contributed by atoms with Crippen molar-refractivity contribution in [2.24, 2.45) is 4.99 Å². The summed E-state index contributed by atoms with van der Waals surface area (Å²) in [7, 11) is 0. The van der Waals surface area contributed by atoms with Crippen molar-refractivity contribution in [3.63, 3.8) is 0 Å². The van der Waals surface area contributed by atoms with Crippen molar-refractivity contribution in [1.82, 2.24) is 35.0 Å². The third-order valence-corrected chi connectivity index (χ3v) is 6.32. The van der Waals surface area contributed by atoms with Crippen LogP contribution in [0.25, 0.3) is 33.7 Å². The molecule has 36 heavy (non-hydrogen) atoms. The molecule has 6 heterocycles. The van der Waals surface area contributed by atoms with Crippen molar-refractivity contribution in [3.05, 3.63) is 54.0 Å². The summed E-state index contributed by atoms with van der Waals surface area (Å²) in [5.41, 5.74) is 6.61. The van der Waals surface area contributed by atoms with E-state index in [4.69, 9.17) is 9.72 Å². The maximum absolute atomic E-state index is 11.8. The first-order valence-electron chi connectivity index (χ1n) is 11.9. The molecule has 0 radical (unpaired) electrons. The Morgan fingerprint density at radius 1 is 1.17 bits per heavy atom. The Morgan fingerprint density at radius 2 is 2.03 bits per heavy atom. The van der Waals surface area contributed by atoms with E-state index in [1.807, 2.05) is 25.3 Å². The van der Waals surface area contributed by atoms with Gasteiger partial charge < -0.3 is 19.9 Å². The van der Waals surface area contributed by atoms with E-state index < -0.39 is 0 Å². The molecule has 0 spiro atoms. The van der Waals surface area contributed by atoms with Crippen LogP contribution in [-0.4, -0.2) is 73.5 Å². The Morgan fingerprint density at radius 3 is 2.89 bits per heavy atom. The van der Waals surface area contributed by atoms with Gasteiger partial charge >= 0.3 is 0 Å². The molecule has 1 amide bonds. The van der Waals surface area contributed by atoms with Crippen LogP contribution in [0.4, 0.5) is 5.69 Å². The molecule has 6 rings (SSSR count). The monoisotopic (exact) mass is 483 g/mol. The van der Waals surface area contributed by atoms with Gasteiger partial charge in [0.15, 0.2) is 11.5 Å². The van der Waals surface area contributed by atoms with Gasteiger partial charge in [-0.15, -0.1) is 0 Å². The van der Waals surface area contributed by atoms with Crippen LogP contribution in [0.1, 0.15) is 24.7 Å². The molecule has 2 aliphatic heterocycles. The maximum Gasteiger partial charge on any atom is 0.224 e. The Hall–Kier alpha value is -4.38. The van der Waals surface area contributed by atoms with E-state index in [2.05, 4.69) is 40.4 Å². The molecule has 0 aliphatic carbocycles. The summed E-state index contributed by atoms with van der Waals surface area (Å²) in [6.07, 6.45) is 9.93. The molecular formula is C25H25N9O2. The van der Waals surface area contributed by atoms with Crippen molar-refractivity contribution in [2.75, 3.05) is 31.6 Å². The van der Waals surface area contributed by atoms with Gasteiger partial charge in [0.05, 0.1) is 48.1 Å². The van der Waals surface area contributed by atoms with Crippen LogP contribution in [0.15, 0.2) is 47.6 Å². The molecule has 0 unspecified atom stereocenters. The second-order valence-corrected chi connectivity index (χ2v) is 8.68. The van der Waals surface area contributed by atoms with E-state index in [9.17, 15) is 4.79 Å². The number of pyridine rings is 2. The van der Waals surface area contributed by atoms with Crippen molar-refractivity contribution in [3.8, 4) is 22.6 Å². The first-order chi connectivity index (χ1) is 17.7. The zero-order valence-electron chi connectivity index (χ0n) is 19.8. The number of aromatic nitrogens is 6. The molecule has 11 nitrogen and oxygen atoms in total. The predicted molar refractivity (Wildman–Crippen MR) is 135 cm³/mol. The van der Waals surface area contributed by atoms with Crippen LogP contribution in [0, 0.1) is 0 Å². The molecule has 11 heteroatoms. The normalized spacial score (nSPS) is 15.5. The lowest BCUT2D eigenvalue weighted by atomic mass is 10.1. The minimum absolute atomic E-state index is 0.0626. The second kappa shape index (κ2) is 9.34. The van der Waals surface area contributed by atoms with Gasteiger partial charge in [0.25, 0.3) is 0 Å². The highest BCUT2D eigenvalue weighted by atomic mass is 16.5. The van der Waals surface area contributed by atoms with Crippen LogP contribution in [-0.2, 0) is 16.0 Å². The number of nitrogens with zero attached hydrogens (tertiary/aromatic N) is 6. The third-order valence-electron chi connectivity index (χ3n) is 6.32. The number of ether oxygens (including phenoxy) is 1. The summed E-state index contributed by atoms with van der Waals surface area (Å²) in [5.74, 6) is 0.592. The first-order valence-corrected chi connectivity index (χ1v) is 11.9. The number of carbonyl (C=O) groups is 1. The van der Waals surface area contributed by atoms with E-state index in [0.717, 1.165) is 59.9 Å². The summed E-state index contributed by atoms with van der Waals surface area (Å²) < 4.78 is 5.49. The fraction of sp³-hybridized carbons (Fsp3) is 0.280. The number of fused-ring (bicyclic) bond motifs is 2. The van der Waals surface area contributed by atoms with Gasteiger partial charge in [0.1, 0.15) is 5.69 Å². The number of carbonyl (C=O) groups excluding carboxylic acids is 1. The highest BCUT2D eigenvalue weighted by Crippen LogP contribution is 2.30. The van der Waals surface area contributed by atoms with Crippen LogP contribution in [0.3, 0.4) is 0 Å². The van der Waals surface area contributed by atoms with E-state index >= 15 is 0 Å². The second-order valence-electron chi connectivity index (χ2n) is 8.68. The Labute approximate surface area is 206 Å². The van der Waals surface area contributed by atoms with Gasteiger partial charge in [0, 0.05) is 61.3 Å². The lowest BCUT2D eigenvalue weighted by molar-refractivity contribution is -0.115. The molecule has 0 bridgehead atoms. The zero-order chi connectivity index (χ0) is 24.5. The summed E-state index contributed by atoms with van der Waals surface area (Å²) in [6, 6.07) is 3.89. The molecule has 4 aromatic rings. The van der Waals surface area contributed by atoms with E-state index in [0.29, 0.717) is 35.7 Å². The summed E-state index contributed by atoms with van der Waals surface area (Å²) in [4.78, 5) is 35.7. The lowest BCUT2D eigenvalue weighted by Crippen LogP contribution is -2.36. The molecule has 3 N–H and O–H groups in total. The zero-order valence-corrected chi connectivity index (χ0v) is 19.8. The van der Waals surface area contributed by atoms with Gasteiger partial charge in [-0.3, -0.25) is 19.9 Å². The molecule has 0 aromatic carbocycles. The van der Waals surface area contributed by atoms with Crippen LogP contribution in [0.2, 0.25) is 0 Å². The number of aliphatic imine (C=N–C) groups is 1. The van der Waals surface area contributed by atoms with Crippen molar-refractivity contribution in [1.29, 1.82) is 0 Å². The van der Waals surface area contributed by atoms with Crippen LogP contribution in [0.5, 0.6) is 0 Å². The largest absolute Gasteiger partial charge is 0.378 e. The van der Waals surface area contributed by atoms with Crippen molar-refractivity contribution < 1.29 is 9.53 Å². The molecule has 1 fully saturated rings. The highest BCUT2D eigenvalue weighted by Gasteiger charge is 2.21. The first kappa shape index (κ1) is 22.1. The molecular weight excluding hydrogens is 458 g/mol. The number of amides is 1. The number of aromatic amines is 2. The van der Waals surface area contributed by atoms with E-state index in [1.54, 1.807) is 24.8 Å². The smallest absolute Gasteiger partial charge is 0.224 e. The number of H-pyrrole nitrogens is 2. The average Bonchev–Trinajstić information content (AvgIpc) is 3.46. The Bertz CT molecular complexity index is 1490. The van der Waals surface area contributed by atoms with Crippen LogP contribution >= 0.6 is 0 Å². The molecule has 0 saturated carbocycles. The van der Waals surface area contributed by atoms with E-state index in [-0.39, 0.29) is 5.91 Å². The van der Waals surface area contributed by atoms with Gasteiger partial charge in [-0.05, 0) is 12.1 Å². The SMILES string of the molecule is CCC(=O)Nc1cncc(-c2cnc3[nH]nc(-c4nc5c([nH]4)C=NC=C(N4CCOCC4)C5)c3c2)c1. The summed E-state index contributed by atoms with van der Waals surface area (Å²) in [6.45, 7) is 4.95. The minimum Gasteiger partial charge on any atom is -0.378 e. The van der Waals surface area contributed by atoms with Gasteiger partial charge in [-0.25, -0.2) is 9.97 Å². The van der Waals surface area contributed by atoms with Crippen molar-refractivity contribution >= 4 is 28.8 Å². The lowest BCUT2D eigenvalue weighted by Gasteiger charge is -2.30. The van der Waals surface area contributed by atoms with Crippen molar-refractivity contribution in [2.45, 2.75) is 19.8 Å². The number of hydrogen-bond acceptors (Lipinski definition) is 8. The number of allylic oxidation sites excluding steroid dienone is 1. The summed E-state index contributed by atoms with van der Waals surface area (Å²) >= 11 is 0. The van der Waals surface area contributed by atoms with Gasteiger partial charge in [-0.1, -0.05) is 6.92 Å². The minimum atomic E-state index is -0.0626. The van der Waals surface area contributed by atoms with E-state index in [1.165, 1.54) is 0 Å². The molecule has 0 atom stereocenters. The number of rotatable bonds is 5. The molecule has 2 aliphatic rings. The van der Waals surface area contributed by atoms with Gasteiger partial charge in [-0.2, -0.15) is 5.10 Å². The standard InChI is InChI=1S/C25H25N9O2/c1-2-22(35)29-17-7-15(10-26-12-17)16-8-19-23(32-33-24(19)28-11-16)25-30-20-9-18(13-27-14-21(20)31-25)34-3-5-36-6-4-34/h7-8,10-14H,2-6,9H2,1H3,(H,29,35)(H,30,31)(H,28,32,33). The molecule has 182 valence electrons. The maximum atomic E-state index is 11.8. The number of hydrogen-bond donors (Lipinski definition) is 3. The Balaban J connectivity index is 1.32. The molecule has 4 aromatic heterocycles. The predicted octanol–water partition coefficient (Wildman–Crippen LogP) is 2.91. The van der Waals surface area contributed by atoms with Gasteiger partial charge in [0.2, 0.25) is 5.91 Å².